The summed E-state index contributed by atoms with van der Waals surface area (Å²) in [6.45, 7) is 0. The second-order valence-electron chi connectivity index (χ2n) is 6.81. The van der Waals surface area contributed by atoms with E-state index in [4.69, 9.17) is 0 Å². The molecule has 2 aromatic carbocycles. The molecule has 0 amide bonds. The Labute approximate surface area is 187 Å². The first-order valence-electron chi connectivity index (χ1n) is 9.02. The van der Waals surface area contributed by atoms with E-state index in [1.807, 2.05) is 0 Å². The SMILES string of the molecule is Oc1ccccc1/C=C/C1=NN(c2nc(-c3ccc(Br)cc3)cs2)C(O)(C(F)(F)F)C1. The number of hydrogen-bond donors (Lipinski definition) is 2. The Morgan fingerprint density at radius 1 is 1.10 bits per heavy atom. The van der Waals surface area contributed by atoms with Crippen LogP contribution < -0.4 is 5.01 Å². The Hall–Kier alpha value is -2.69. The fourth-order valence-electron chi connectivity index (χ4n) is 3.02. The van der Waals surface area contributed by atoms with Crippen LogP contribution in [0.3, 0.4) is 0 Å². The molecule has 160 valence electrons. The molecule has 3 aromatic rings. The molecule has 0 radical (unpaired) electrons. The predicted octanol–water partition coefficient (Wildman–Crippen LogP) is 5.81. The number of nitrogens with zero attached hydrogens (tertiary/aromatic N) is 3. The lowest BCUT2D eigenvalue weighted by Crippen LogP contribution is -2.55. The molecule has 0 spiro atoms. The maximum atomic E-state index is 13.8. The van der Waals surface area contributed by atoms with Crippen molar-refractivity contribution in [1.82, 2.24) is 4.98 Å². The number of allylic oxidation sites excluding steroid dienone is 1. The minimum atomic E-state index is -4.97. The van der Waals surface area contributed by atoms with Gasteiger partial charge in [-0.15, -0.1) is 11.3 Å². The van der Waals surface area contributed by atoms with E-state index in [9.17, 15) is 23.4 Å². The Kier molecular flexibility index (Phi) is 5.63. The number of phenolic OH excluding ortho intramolecular Hbond substituents is 1. The molecule has 31 heavy (non-hydrogen) atoms. The second-order valence-corrected chi connectivity index (χ2v) is 8.56. The first kappa shape index (κ1) is 21.5. The van der Waals surface area contributed by atoms with Crippen molar-refractivity contribution in [3.63, 3.8) is 0 Å². The van der Waals surface area contributed by atoms with Crippen LogP contribution in [0, 0.1) is 0 Å². The predicted molar refractivity (Wildman–Crippen MR) is 118 cm³/mol. The van der Waals surface area contributed by atoms with Crippen molar-refractivity contribution in [1.29, 1.82) is 0 Å². The zero-order chi connectivity index (χ0) is 22.2. The molecule has 5 nitrogen and oxygen atoms in total. The van der Waals surface area contributed by atoms with E-state index in [1.165, 1.54) is 18.2 Å². The standard InChI is InChI=1S/C21H15BrF3N3O2S/c22-15-8-5-13(6-9-15)17-12-31-19(26-17)28-20(30,21(23,24)25)11-16(27-28)10-7-14-3-1-2-4-18(14)29/h1-10,12,29-30H,11H2/b10-7+. The van der Waals surface area contributed by atoms with Gasteiger partial charge in [0.25, 0.3) is 5.72 Å². The molecular formula is C21H15BrF3N3O2S. The lowest BCUT2D eigenvalue weighted by molar-refractivity contribution is -0.254. The first-order valence-corrected chi connectivity index (χ1v) is 10.7. The number of rotatable bonds is 4. The van der Waals surface area contributed by atoms with Gasteiger partial charge in [-0.05, 0) is 30.4 Å². The van der Waals surface area contributed by atoms with E-state index < -0.39 is 18.3 Å². The van der Waals surface area contributed by atoms with Crippen LogP contribution in [-0.2, 0) is 0 Å². The van der Waals surface area contributed by atoms with Crippen LogP contribution in [0.4, 0.5) is 18.3 Å². The topological polar surface area (TPSA) is 69.0 Å². The van der Waals surface area contributed by atoms with E-state index in [-0.39, 0.29) is 16.6 Å². The number of anilines is 1. The summed E-state index contributed by atoms with van der Waals surface area (Å²) in [6, 6.07) is 13.6. The highest BCUT2D eigenvalue weighted by molar-refractivity contribution is 9.10. The van der Waals surface area contributed by atoms with Crippen molar-refractivity contribution in [2.75, 3.05) is 5.01 Å². The summed E-state index contributed by atoms with van der Waals surface area (Å²) in [5.74, 6) is -0.0145. The molecule has 0 bridgehead atoms. The molecule has 2 heterocycles. The van der Waals surface area contributed by atoms with Crippen LogP contribution in [0.2, 0.25) is 0 Å². The number of hydrogen-bond acceptors (Lipinski definition) is 6. The number of thiazole rings is 1. The van der Waals surface area contributed by atoms with Gasteiger partial charge in [0.2, 0.25) is 5.13 Å². The van der Waals surface area contributed by atoms with Crippen LogP contribution in [0.5, 0.6) is 5.75 Å². The molecule has 10 heteroatoms. The Morgan fingerprint density at radius 2 is 1.81 bits per heavy atom. The van der Waals surface area contributed by atoms with Gasteiger partial charge in [-0.1, -0.05) is 46.3 Å². The van der Waals surface area contributed by atoms with E-state index >= 15 is 0 Å². The number of aliphatic hydroxyl groups is 1. The molecule has 2 N–H and O–H groups in total. The third kappa shape index (κ3) is 4.23. The van der Waals surface area contributed by atoms with Crippen LogP contribution in [-0.4, -0.2) is 32.8 Å². The minimum absolute atomic E-state index is 0.00321. The van der Waals surface area contributed by atoms with Gasteiger partial charge in [-0.25, -0.2) is 4.98 Å². The molecule has 0 saturated carbocycles. The lowest BCUT2D eigenvalue weighted by atomic mass is 10.1. The van der Waals surface area contributed by atoms with Crippen LogP contribution in [0.25, 0.3) is 17.3 Å². The van der Waals surface area contributed by atoms with Crippen molar-refractivity contribution in [2.24, 2.45) is 5.10 Å². The van der Waals surface area contributed by atoms with Crippen molar-refractivity contribution >= 4 is 44.2 Å². The van der Waals surface area contributed by atoms with Gasteiger partial charge < -0.3 is 10.2 Å². The van der Waals surface area contributed by atoms with Crippen LogP contribution >= 0.6 is 27.3 Å². The quantitative estimate of drug-likeness (QED) is 0.465. The fourth-order valence-corrected chi connectivity index (χ4v) is 4.13. The Balaban J connectivity index is 1.68. The van der Waals surface area contributed by atoms with Gasteiger partial charge in [0.15, 0.2) is 0 Å². The summed E-state index contributed by atoms with van der Waals surface area (Å²) in [4.78, 5) is 4.27. The molecular weight excluding hydrogens is 495 g/mol. The molecule has 0 saturated heterocycles. The Bertz CT molecular complexity index is 1160. The number of hydrazone groups is 1. The van der Waals surface area contributed by atoms with Crippen LogP contribution in [0.15, 0.2) is 69.6 Å². The van der Waals surface area contributed by atoms with E-state index in [2.05, 4.69) is 26.0 Å². The summed E-state index contributed by atoms with van der Waals surface area (Å²) in [6.07, 6.45) is -2.95. The van der Waals surface area contributed by atoms with Gasteiger partial charge in [0.05, 0.1) is 17.8 Å². The largest absolute Gasteiger partial charge is 0.507 e. The summed E-state index contributed by atoms with van der Waals surface area (Å²) in [7, 11) is 0. The summed E-state index contributed by atoms with van der Waals surface area (Å²) < 4.78 is 42.3. The highest BCUT2D eigenvalue weighted by Crippen LogP contribution is 2.44. The molecule has 1 aliphatic rings. The fraction of sp³-hybridized carbons (Fsp3) is 0.143. The maximum absolute atomic E-state index is 13.8. The molecule has 0 fully saturated rings. The number of alkyl halides is 3. The third-order valence-electron chi connectivity index (χ3n) is 4.67. The first-order chi connectivity index (χ1) is 14.7. The molecule has 1 aromatic heterocycles. The number of phenols is 1. The maximum Gasteiger partial charge on any atom is 0.438 e. The van der Waals surface area contributed by atoms with Crippen molar-refractivity contribution in [3.05, 3.63) is 70.0 Å². The zero-order valence-electron chi connectivity index (χ0n) is 15.7. The summed E-state index contributed by atoms with van der Waals surface area (Å²) >= 11 is 4.29. The number of para-hydroxylation sites is 1. The molecule has 4 rings (SSSR count). The van der Waals surface area contributed by atoms with Crippen molar-refractivity contribution in [3.8, 4) is 17.0 Å². The Morgan fingerprint density at radius 3 is 2.48 bits per heavy atom. The van der Waals surface area contributed by atoms with E-state index in [1.54, 1.807) is 47.8 Å². The number of benzene rings is 2. The van der Waals surface area contributed by atoms with E-state index in [0.29, 0.717) is 16.3 Å². The monoisotopic (exact) mass is 509 g/mol. The average Bonchev–Trinajstić information content (AvgIpc) is 3.33. The summed E-state index contributed by atoms with van der Waals surface area (Å²) in [5.41, 5.74) is -1.59. The highest BCUT2D eigenvalue weighted by atomic mass is 79.9. The molecule has 1 aliphatic heterocycles. The van der Waals surface area contributed by atoms with Gasteiger partial charge in [-0.2, -0.15) is 23.3 Å². The zero-order valence-corrected chi connectivity index (χ0v) is 18.1. The number of halogens is 4. The van der Waals surface area contributed by atoms with Crippen molar-refractivity contribution in [2.45, 2.75) is 18.3 Å². The van der Waals surface area contributed by atoms with Crippen molar-refractivity contribution < 1.29 is 23.4 Å². The summed E-state index contributed by atoms with van der Waals surface area (Å²) in [5, 5.41) is 26.4. The lowest BCUT2D eigenvalue weighted by Gasteiger charge is -2.32. The number of aromatic nitrogens is 1. The second kappa shape index (κ2) is 8.10. The smallest absolute Gasteiger partial charge is 0.438 e. The average molecular weight is 510 g/mol. The normalized spacial score (nSPS) is 19.3. The highest BCUT2D eigenvalue weighted by Gasteiger charge is 2.62. The molecule has 1 atom stereocenters. The molecule has 0 aliphatic carbocycles. The van der Waals surface area contributed by atoms with Gasteiger partial charge in [0.1, 0.15) is 5.75 Å². The van der Waals surface area contributed by atoms with Gasteiger partial charge >= 0.3 is 6.18 Å². The number of aromatic hydroxyl groups is 1. The van der Waals surface area contributed by atoms with E-state index in [0.717, 1.165) is 21.4 Å². The van der Waals surface area contributed by atoms with Gasteiger partial charge in [-0.3, -0.25) is 0 Å². The van der Waals surface area contributed by atoms with Gasteiger partial charge in [0, 0.05) is 21.0 Å². The third-order valence-corrected chi connectivity index (χ3v) is 6.01. The molecule has 1 unspecified atom stereocenters. The minimum Gasteiger partial charge on any atom is -0.507 e. The van der Waals surface area contributed by atoms with Crippen LogP contribution in [0.1, 0.15) is 12.0 Å².